The van der Waals surface area contributed by atoms with Gasteiger partial charge >= 0.3 is 0 Å². The Morgan fingerprint density at radius 2 is 1.94 bits per heavy atom. The highest BCUT2D eigenvalue weighted by Crippen LogP contribution is 2.13. The Balaban J connectivity index is 1.90. The van der Waals surface area contributed by atoms with Crippen molar-refractivity contribution in [3.63, 3.8) is 0 Å². The van der Waals surface area contributed by atoms with E-state index >= 15 is 0 Å². The van der Waals surface area contributed by atoms with Crippen LogP contribution in [0.1, 0.15) is 25.8 Å². The standard InChI is InChI=1S/C13H18N2O/c1-13(2)14-11(12(16)15-13)9-8-10-6-4-3-5-7-10/h3-7,11,14H,8-9H2,1-2H3,(H,15,16)/t11-/m0/s1. The fourth-order valence-electron chi connectivity index (χ4n) is 2.09. The van der Waals surface area contributed by atoms with Gasteiger partial charge in [0.2, 0.25) is 5.91 Å². The lowest BCUT2D eigenvalue weighted by Crippen LogP contribution is -2.44. The summed E-state index contributed by atoms with van der Waals surface area (Å²) in [5, 5.41) is 6.22. The molecule has 0 radical (unpaired) electrons. The van der Waals surface area contributed by atoms with Crippen LogP contribution >= 0.6 is 0 Å². The van der Waals surface area contributed by atoms with Gasteiger partial charge in [0.1, 0.15) is 0 Å². The molecule has 0 unspecified atom stereocenters. The molecule has 1 atom stereocenters. The quantitative estimate of drug-likeness (QED) is 0.806. The molecule has 1 aliphatic rings. The average molecular weight is 218 g/mol. The molecule has 0 bridgehead atoms. The first kappa shape index (κ1) is 11.1. The maximum Gasteiger partial charge on any atom is 0.238 e. The molecule has 1 aromatic rings. The molecule has 1 saturated heterocycles. The van der Waals surface area contributed by atoms with Crippen molar-refractivity contribution in [3.8, 4) is 0 Å². The second-order valence-electron chi connectivity index (χ2n) is 4.84. The smallest absolute Gasteiger partial charge is 0.238 e. The van der Waals surface area contributed by atoms with Crippen molar-refractivity contribution < 1.29 is 4.79 Å². The second-order valence-corrected chi connectivity index (χ2v) is 4.84. The molecule has 1 heterocycles. The molecule has 0 saturated carbocycles. The van der Waals surface area contributed by atoms with Crippen LogP contribution in [-0.4, -0.2) is 17.6 Å². The highest BCUT2D eigenvalue weighted by Gasteiger charge is 2.35. The number of hydrogen-bond donors (Lipinski definition) is 2. The summed E-state index contributed by atoms with van der Waals surface area (Å²) in [7, 11) is 0. The first-order valence-electron chi connectivity index (χ1n) is 5.70. The molecule has 2 N–H and O–H groups in total. The Morgan fingerprint density at radius 3 is 2.50 bits per heavy atom. The third-order valence-electron chi connectivity index (χ3n) is 2.85. The summed E-state index contributed by atoms with van der Waals surface area (Å²) in [6.45, 7) is 3.96. The van der Waals surface area contributed by atoms with Crippen molar-refractivity contribution in [3.05, 3.63) is 35.9 Å². The van der Waals surface area contributed by atoms with Crippen molar-refractivity contribution in [1.29, 1.82) is 0 Å². The highest BCUT2D eigenvalue weighted by atomic mass is 16.2. The number of carbonyl (C=O) groups is 1. The van der Waals surface area contributed by atoms with Gasteiger partial charge in [-0.1, -0.05) is 30.3 Å². The zero-order chi connectivity index (χ0) is 11.6. The zero-order valence-electron chi connectivity index (χ0n) is 9.79. The normalized spacial score (nSPS) is 23.1. The van der Waals surface area contributed by atoms with Crippen molar-refractivity contribution in [1.82, 2.24) is 10.6 Å². The van der Waals surface area contributed by atoms with Gasteiger partial charge in [0.15, 0.2) is 0 Å². The summed E-state index contributed by atoms with van der Waals surface area (Å²) in [5.74, 6) is 0.112. The zero-order valence-corrected chi connectivity index (χ0v) is 9.79. The van der Waals surface area contributed by atoms with E-state index in [1.807, 2.05) is 32.0 Å². The summed E-state index contributed by atoms with van der Waals surface area (Å²) in [4.78, 5) is 11.6. The molecule has 86 valence electrons. The van der Waals surface area contributed by atoms with Gasteiger partial charge in [-0.05, 0) is 32.3 Å². The predicted octanol–water partition coefficient (Wildman–Crippen LogP) is 1.44. The summed E-state index contributed by atoms with van der Waals surface area (Å²) in [6.07, 6.45) is 1.78. The molecule has 0 spiro atoms. The molecule has 1 aromatic carbocycles. The van der Waals surface area contributed by atoms with Crippen LogP contribution in [0.5, 0.6) is 0 Å². The molecule has 1 fully saturated rings. The van der Waals surface area contributed by atoms with Crippen LogP contribution in [0.4, 0.5) is 0 Å². The van der Waals surface area contributed by atoms with Gasteiger partial charge in [-0.15, -0.1) is 0 Å². The van der Waals surface area contributed by atoms with Gasteiger partial charge in [0, 0.05) is 0 Å². The van der Waals surface area contributed by atoms with Gasteiger partial charge in [-0.2, -0.15) is 0 Å². The van der Waals surface area contributed by atoms with Crippen LogP contribution in [-0.2, 0) is 11.2 Å². The van der Waals surface area contributed by atoms with Crippen LogP contribution < -0.4 is 10.6 Å². The van der Waals surface area contributed by atoms with Crippen LogP contribution in [0.25, 0.3) is 0 Å². The molecule has 2 rings (SSSR count). The average Bonchev–Trinajstić information content (AvgIpc) is 2.50. The monoisotopic (exact) mass is 218 g/mol. The van der Waals surface area contributed by atoms with Crippen molar-refractivity contribution in [2.24, 2.45) is 0 Å². The number of aryl methyl sites for hydroxylation is 1. The van der Waals surface area contributed by atoms with E-state index in [4.69, 9.17) is 0 Å². The summed E-state index contributed by atoms with van der Waals surface area (Å²) < 4.78 is 0. The minimum atomic E-state index is -0.265. The van der Waals surface area contributed by atoms with Crippen molar-refractivity contribution in [2.75, 3.05) is 0 Å². The maximum atomic E-state index is 11.6. The molecule has 3 nitrogen and oxygen atoms in total. The largest absolute Gasteiger partial charge is 0.337 e. The minimum Gasteiger partial charge on any atom is -0.337 e. The van der Waals surface area contributed by atoms with Gasteiger partial charge in [-0.25, -0.2) is 0 Å². The van der Waals surface area contributed by atoms with E-state index in [-0.39, 0.29) is 17.6 Å². The number of amides is 1. The number of benzene rings is 1. The topological polar surface area (TPSA) is 41.1 Å². The molecule has 1 aliphatic heterocycles. The van der Waals surface area contributed by atoms with Crippen molar-refractivity contribution >= 4 is 5.91 Å². The lowest BCUT2D eigenvalue weighted by atomic mass is 10.1. The maximum absolute atomic E-state index is 11.6. The van der Waals surface area contributed by atoms with E-state index in [1.54, 1.807) is 0 Å². The number of hydrogen-bond acceptors (Lipinski definition) is 2. The minimum absolute atomic E-state index is 0.0600. The predicted molar refractivity (Wildman–Crippen MR) is 63.9 cm³/mol. The number of carbonyl (C=O) groups excluding carboxylic acids is 1. The van der Waals surface area contributed by atoms with E-state index in [1.165, 1.54) is 5.56 Å². The molecule has 1 amide bonds. The SMILES string of the molecule is CC1(C)NC(=O)[C@H](CCc2ccccc2)N1. The second kappa shape index (κ2) is 4.26. The molecule has 16 heavy (non-hydrogen) atoms. The van der Waals surface area contributed by atoms with E-state index < -0.39 is 0 Å². The van der Waals surface area contributed by atoms with E-state index in [0.29, 0.717) is 0 Å². The Hall–Kier alpha value is -1.35. The fraction of sp³-hybridized carbons (Fsp3) is 0.462. The molecule has 0 aliphatic carbocycles. The molecule has 0 aromatic heterocycles. The first-order chi connectivity index (χ1) is 7.57. The Kier molecular flexibility index (Phi) is 2.97. The lowest BCUT2D eigenvalue weighted by molar-refractivity contribution is -0.121. The molecule has 3 heteroatoms. The summed E-state index contributed by atoms with van der Waals surface area (Å²) in [6, 6.07) is 10.2. The first-order valence-corrected chi connectivity index (χ1v) is 5.70. The summed E-state index contributed by atoms with van der Waals surface area (Å²) in [5.41, 5.74) is 1.01. The molecular weight excluding hydrogens is 200 g/mol. The Morgan fingerprint density at radius 1 is 1.25 bits per heavy atom. The van der Waals surface area contributed by atoms with Crippen molar-refractivity contribution in [2.45, 2.75) is 38.4 Å². The Bertz CT molecular complexity index is 373. The Labute approximate surface area is 96.2 Å². The summed E-state index contributed by atoms with van der Waals surface area (Å²) >= 11 is 0. The van der Waals surface area contributed by atoms with Gasteiger partial charge in [0.05, 0.1) is 11.7 Å². The molecular formula is C13H18N2O. The third-order valence-corrected chi connectivity index (χ3v) is 2.85. The van der Waals surface area contributed by atoms with E-state index in [0.717, 1.165) is 12.8 Å². The van der Waals surface area contributed by atoms with E-state index in [9.17, 15) is 4.79 Å². The van der Waals surface area contributed by atoms with Gasteiger partial charge in [0.25, 0.3) is 0 Å². The highest BCUT2D eigenvalue weighted by molar-refractivity contribution is 5.84. The van der Waals surface area contributed by atoms with Gasteiger partial charge in [-0.3, -0.25) is 10.1 Å². The lowest BCUT2D eigenvalue weighted by Gasteiger charge is -2.18. The van der Waals surface area contributed by atoms with E-state index in [2.05, 4.69) is 22.8 Å². The number of nitrogens with one attached hydrogen (secondary N) is 2. The fourth-order valence-corrected chi connectivity index (χ4v) is 2.09. The number of rotatable bonds is 3. The van der Waals surface area contributed by atoms with Crippen LogP contribution in [0.2, 0.25) is 0 Å². The van der Waals surface area contributed by atoms with Crippen LogP contribution in [0.3, 0.4) is 0 Å². The van der Waals surface area contributed by atoms with Crippen LogP contribution in [0.15, 0.2) is 30.3 Å². The van der Waals surface area contributed by atoms with Gasteiger partial charge < -0.3 is 5.32 Å². The van der Waals surface area contributed by atoms with Crippen LogP contribution in [0, 0.1) is 0 Å². The third kappa shape index (κ3) is 2.61.